The second kappa shape index (κ2) is 12.5. The highest BCUT2D eigenvalue weighted by atomic mass is 35.5. The lowest BCUT2D eigenvalue weighted by Crippen LogP contribution is -2.40. The molecule has 2 aromatic heterocycles. The van der Waals surface area contributed by atoms with Crippen molar-refractivity contribution in [3.63, 3.8) is 0 Å². The molecule has 0 bridgehead atoms. The third-order valence-corrected chi connectivity index (χ3v) is 9.63. The van der Waals surface area contributed by atoms with Crippen LogP contribution in [0.3, 0.4) is 0 Å². The first-order valence-corrected chi connectivity index (χ1v) is 16.6. The smallest absolute Gasteiger partial charge is 0.338 e. The van der Waals surface area contributed by atoms with E-state index in [1.165, 1.54) is 11.3 Å². The molecule has 0 aliphatic carbocycles. The maximum Gasteiger partial charge on any atom is 0.338 e. The van der Waals surface area contributed by atoms with Crippen molar-refractivity contribution in [2.45, 2.75) is 31.7 Å². The maximum atomic E-state index is 14.3. The molecule has 6 nitrogen and oxygen atoms in total. The average Bonchev–Trinajstić information content (AvgIpc) is 3.50. The summed E-state index contributed by atoms with van der Waals surface area (Å²) in [4.78, 5) is 34.5. The van der Waals surface area contributed by atoms with Gasteiger partial charge in [-0.25, -0.2) is 9.79 Å². The van der Waals surface area contributed by atoms with Crippen molar-refractivity contribution in [2.24, 2.45) is 4.99 Å². The Kier molecular flexibility index (Phi) is 8.49. The SMILES string of the molecule is CCOC(=O)C1=C(c2ccccc2)N=c2s/c(=C\c3cc(C)n(-c4ccc(Cl)cc4)c3C)c(=O)n2[C@H]1c1ccc(SC)cc1. The van der Waals surface area contributed by atoms with Gasteiger partial charge in [-0.15, -0.1) is 11.8 Å². The number of aromatic nitrogens is 2. The van der Waals surface area contributed by atoms with E-state index in [4.69, 9.17) is 21.3 Å². The number of aryl methyl sites for hydroxylation is 1. The molecule has 0 saturated carbocycles. The van der Waals surface area contributed by atoms with Crippen molar-refractivity contribution in [3.05, 3.63) is 143 Å². The predicted octanol–water partition coefficient (Wildman–Crippen LogP) is 6.72. The van der Waals surface area contributed by atoms with Crippen LogP contribution in [-0.4, -0.2) is 28.0 Å². The highest BCUT2D eigenvalue weighted by molar-refractivity contribution is 7.98. The van der Waals surface area contributed by atoms with E-state index in [1.807, 2.05) is 105 Å². The fourth-order valence-corrected chi connectivity index (χ4v) is 7.13. The summed E-state index contributed by atoms with van der Waals surface area (Å²) in [6.45, 7) is 6.05. The van der Waals surface area contributed by atoms with E-state index in [0.29, 0.717) is 25.6 Å². The summed E-state index contributed by atoms with van der Waals surface area (Å²) in [6, 6.07) is 26.6. The van der Waals surface area contributed by atoms with E-state index in [0.717, 1.165) is 38.7 Å². The molecule has 0 saturated heterocycles. The molecule has 0 radical (unpaired) electrons. The number of rotatable bonds is 7. The van der Waals surface area contributed by atoms with E-state index < -0.39 is 12.0 Å². The van der Waals surface area contributed by atoms with Gasteiger partial charge in [0.25, 0.3) is 5.56 Å². The van der Waals surface area contributed by atoms with Crippen molar-refractivity contribution in [1.82, 2.24) is 9.13 Å². The minimum absolute atomic E-state index is 0.205. The molecule has 1 aliphatic heterocycles. The third-order valence-electron chi connectivity index (χ3n) is 7.65. The van der Waals surface area contributed by atoms with Crippen LogP contribution in [0.1, 0.15) is 41.0 Å². The zero-order chi connectivity index (χ0) is 31.0. The van der Waals surface area contributed by atoms with E-state index in [1.54, 1.807) is 23.3 Å². The molecule has 6 rings (SSSR count). The van der Waals surface area contributed by atoms with Crippen molar-refractivity contribution >= 4 is 52.4 Å². The second-order valence-electron chi connectivity index (χ2n) is 10.3. The first kappa shape index (κ1) is 29.9. The molecule has 0 N–H and O–H groups in total. The monoisotopic (exact) mass is 639 g/mol. The number of carbonyl (C=O) groups is 1. The van der Waals surface area contributed by atoms with Crippen molar-refractivity contribution < 1.29 is 9.53 Å². The maximum absolute atomic E-state index is 14.3. The Morgan fingerprint density at radius 1 is 1.05 bits per heavy atom. The van der Waals surface area contributed by atoms with Gasteiger partial charge in [-0.05, 0) is 86.7 Å². The molecule has 0 amide bonds. The standard InChI is InChI=1S/C35H30ClN3O3S2/c1-5-42-34(41)30-31(23-9-7-6-8-10-23)37-35-39(32(30)24-11-17-28(43-4)18-12-24)33(40)29(44-35)20-25-19-21(2)38(22(25)3)27-15-13-26(36)14-16-27/h6-20,32H,5H2,1-4H3/b29-20-/t32-/m0/s1. The minimum Gasteiger partial charge on any atom is -0.463 e. The van der Waals surface area contributed by atoms with Gasteiger partial charge in [0, 0.05) is 32.6 Å². The Bertz CT molecular complexity index is 2070. The lowest BCUT2D eigenvalue weighted by Gasteiger charge is -2.26. The van der Waals surface area contributed by atoms with Gasteiger partial charge in [0.2, 0.25) is 0 Å². The number of esters is 1. The summed E-state index contributed by atoms with van der Waals surface area (Å²) in [5, 5.41) is 0.673. The van der Waals surface area contributed by atoms with Crippen LogP contribution in [0.4, 0.5) is 0 Å². The summed E-state index contributed by atoms with van der Waals surface area (Å²) in [5.41, 5.74) is 6.18. The zero-order valence-corrected chi connectivity index (χ0v) is 27.1. The molecule has 222 valence electrons. The molecular formula is C35H30ClN3O3S2. The Morgan fingerprint density at radius 2 is 1.75 bits per heavy atom. The molecular weight excluding hydrogens is 610 g/mol. The van der Waals surface area contributed by atoms with Gasteiger partial charge in [-0.1, -0.05) is 65.4 Å². The quantitative estimate of drug-likeness (QED) is 0.147. The van der Waals surface area contributed by atoms with Crippen LogP contribution in [0.2, 0.25) is 5.02 Å². The Labute approximate surface area is 268 Å². The van der Waals surface area contributed by atoms with Crippen LogP contribution >= 0.6 is 34.7 Å². The number of hydrogen-bond donors (Lipinski definition) is 0. The van der Waals surface area contributed by atoms with E-state index in [2.05, 4.69) is 10.6 Å². The third kappa shape index (κ3) is 5.49. The number of ether oxygens (including phenoxy) is 1. The van der Waals surface area contributed by atoms with Crippen LogP contribution in [0.5, 0.6) is 0 Å². The molecule has 1 atom stereocenters. The highest BCUT2D eigenvalue weighted by Gasteiger charge is 2.35. The second-order valence-corrected chi connectivity index (χ2v) is 12.7. The van der Waals surface area contributed by atoms with Crippen LogP contribution < -0.4 is 14.9 Å². The lowest BCUT2D eigenvalue weighted by atomic mass is 9.93. The van der Waals surface area contributed by atoms with E-state index >= 15 is 0 Å². The van der Waals surface area contributed by atoms with Gasteiger partial charge < -0.3 is 9.30 Å². The summed E-state index contributed by atoms with van der Waals surface area (Å²) < 4.78 is 9.89. The summed E-state index contributed by atoms with van der Waals surface area (Å²) in [7, 11) is 0. The van der Waals surface area contributed by atoms with Crippen molar-refractivity contribution in [1.29, 1.82) is 0 Å². The Balaban J connectivity index is 1.59. The highest BCUT2D eigenvalue weighted by Crippen LogP contribution is 2.35. The average molecular weight is 640 g/mol. The molecule has 9 heteroatoms. The first-order valence-electron chi connectivity index (χ1n) is 14.2. The van der Waals surface area contributed by atoms with Crippen LogP contribution in [0.15, 0.2) is 105 Å². The molecule has 3 heterocycles. The number of thiazole rings is 1. The number of thioether (sulfide) groups is 1. The molecule has 0 spiro atoms. The normalized spacial score (nSPS) is 14.8. The number of hydrogen-bond acceptors (Lipinski definition) is 6. The minimum atomic E-state index is -0.708. The topological polar surface area (TPSA) is 65.6 Å². The van der Waals surface area contributed by atoms with Crippen molar-refractivity contribution in [3.8, 4) is 5.69 Å². The number of benzene rings is 3. The number of nitrogens with zero attached hydrogens (tertiary/aromatic N) is 3. The molecule has 0 unspecified atom stereocenters. The number of halogens is 1. The molecule has 44 heavy (non-hydrogen) atoms. The van der Waals surface area contributed by atoms with Gasteiger partial charge >= 0.3 is 5.97 Å². The van der Waals surface area contributed by atoms with Crippen LogP contribution in [0, 0.1) is 13.8 Å². The summed E-state index contributed by atoms with van der Waals surface area (Å²) >= 11 is 9.09. The van der Waals surface area contributed by atoms with Gasteiger partial charge in [-0.2, -0.15) is 0 Å². The predicted molar refractivity (Wildman–Crippen MR) is 180 cm³/mol. The van der Waals surface area contributed by atoms with Gasteiger partial charge in [0.05, 0.1) is 28.5 Å². The van der Waals surface area contributed by atoms with Crippen molar-refractivity contribution in [2.75, 3.05) is 12.9 Å². The Morgan fingerprint density at radius 3 is 2.41 bits per heavy atom. The fraction of sp³-hybridized carbons (Fsp3) is 0.171. The van der Waals surface area contributed by atoms with E-state index in [-0.39, 0.29) is 12.2 Å². The van der Waals surface area contributed by atoms with Crippen LogP contribution in [-0.2, 0) is 9.53 Å². The summed E-state index contributed by atoms with van der Waals surface area (Å²) in [6.07, 6.45) is 3.93. The first-order chi connectivity index (χ1) is 21.3. The molecule has 5 aromatic rings. The fourth-order valence-electron chi connectivity index (χ4n) is 5.60. The number of carbonyl (C=O) groups excluding carboxylic acids is 1. The molecule has 3 aromatic carbocycles. The van der Waals surface area contributed by atoms with Crippen LogP contribution in [0.25, 0.3) is 17.5 Å². The van der Waals surface area contributed by atoms with Gasteiger partial charge in [0.1, 0.15) is 0 Å². The Hall–Kier alpha value is -4.11. The molecule has 1 aliphatic rings. The zero-order valence-electron chi connectivity index (χ0n) is 24.7. The summed E-state index contributed by atoms with van der Waals surface area (Å²) in [5.74, 6) is -0.491. The molecule has 0 fully saturated rings. The lowest BCUT2D eigenvalue weighted by molar-refractivity contribution is -0.138. The largest absolute Gasteiger partial charge is 0.463 e. The van der Waals surface area contributed by atoms with Gasteiger partial charge in [-0.3, -0.25) is 9.36 Å². The van der Waals surface area contributed by atoms with E-state index in [9.17, 15) is 9.59 Å². The number of fused-ring (bicyclic) bond motifs is 1. The van der Waals surface area contributed by atoms with Gasteiger partial charge in [0.15, 0.2) is 4.80 Å².